The summed E-state index contributed by atoms with van der Waals surface area (Å²) in [7, 11) is -3.37. The minimum absolute atomic E-state index is 0.109. The van der Waals surface area contributed by atoms with Crippen molar-refractivity contribution in [2.75, 3.05) is 12.8 Å². The fraction of sp³-hybridized carbons (Fsp3) is 0.375. The number of aryl methyl sites for hydroxylation is 1. The Balaban J connectivity index is 1.41. The van der Waals surface area contributed by atoms with E-state index in [9.17, 15) is 17.6 Å². The third kappa shape index (κ3) is 5.51. The summed E-state index contributed by atoms with van der Waals surface area (Å²) in [5, 5.41) is 4.00. The fourth-order valence-electron chi connectivity index (χ4n) is 4.16. The van der Waals surface area contributed by atoms with E-state index in [-0.39, 0.29) is 34.9 Å². The molecule has 10 heteroatoms. The second kappa shape index (κ2) is 10.0. The lowest BCUT2D eigenvalue weighted by molar-refractivity contribution is -0.133. The molecule has 180 valence electrons. The maximum atomic E-state index is 13.8. The molecule has 1 aromatic heterocycles. The first-order valence-electron chi connectivity index (χ1n) is 11.1. The zero-order valence-electron chi connectivity index (χ0n) is 18.9. The Morgan fingerprint density at radius 1 is 1.26 bits per heavy atom. The number of rotatable bonds is 8. The van der Waals surface area contributed by atoms with Crippen LogP contribution in [-0.4, -0.2) is 48.2 Å². The van der Waals surface area contributed by atoms with Gasteiger partial charge >= 0.3 is 0 Å². The van der Waals surface area contributed by atoms with E-state index >= 15 is 0 Å². The van der Waals surface area contributed by atoms with Crippen molar-refractivity contribution in [2.24, 2.45) is 5.73 Å². The van der Waals surface area contributed by atoms with E-state index in [4.69, 9.17) is 10.3 Å². The smallest absolute Gasteiger partial charge is 0.249 e. The number of hydrogen-bond acceptors (Lipinski definition) is 7. The minimum atomic E-state index is -3.37. The van der Waals surface area contributed by atoms with Crippen LogP contribution in [0.1, 0.15) is 43.2 Å². The molecular formula is C24H27FN4O4S. The highest BCUT2D eigenvalue weighted by atomic mass is 32.2. The van der Waals surface area contributed by atoms with Crippen molar-refractivity contribution in [2.45, 2.75) is 49.1 Å². The maximum absolute atomic E-state index is 13.8. The topological polar surface area (TPSA) is 119 Å². The number of nitrogens with two attached hydrogens (primary N) is 1. The Bertz CT molecular complexity index is 1280. The summed E-state index contributed by atoms with van der Waals surface area (Å²) < 4.78 is 43.0. The number of hydrogen-bond donors (Lipinski definition) is 1. The van der Waals surface area contributed by atoms with Crippen LogP contribution in [0, 0.1) is 5.82 Å². The van der Waals surface area contributed by atoms with Crippen LogP contribution in [0.4, 0.5) is 4.39 Å². The highest BCUT2D eigenvalue weighted by Gasteiger charge is 2.34. The predicted octanol–water partition coefficient (Wildman–Crippen LogP) is 3.29. The largest absolute Gasteiger partial charge is 0.337 e. The summed E-state index contributed by atoms with van der Waals surface area (Å²) in [6, 6.07) is 12.1. The van der Waals surface area contributed by atoms with Gasteiger partial charge in [0.2, 0.25) is 17.6 Å². The van der Waals surface area contributed by atoms with E-state index in [1.165, 1.54) is 18.2 Å². The van der Waals surface area contributed by atoms with Gasteiger partial charge in [-0.2, -0.15) is 4.98 Å². The zero-order valence-corrected chi connectivity index (χ0v) is 19.7. The van der Waals surface area contributed by atoms with Crippen molar-refractivity contribution >= 4 is 15.7 Å². The second-order valence-electron chi connectivity index (χ2n) is 8.60. The van der Waals surface area contributed by atoms with Gasteiger partial charge in [0.25, 0.3) is 0 Å². The number of likely N-dealkylation sites (tertiary alicyclic amines) is 1. The first kappa shape index (κ1) is 24.0. The molecule has 2 atom stereocenters. The molecule has 0 saturated carbocycles. The lowest BCUT2D eigenvalue weighted by atomic mass is 10.0. The zero-order chi connectivity index (χ0) is 24.3. The van der Waals surface area contributed by atoms with E-state index in [1.807, 2.05) is 0 Å². The SMILES string of the molecule is CS(=O)(=O)c1cccc(-c2noc([C@@H]3CCCN3C(=O)CC(N)CCc3ccccc3F)n2)c1. The summed E-state index contributed by atoms with van der Waals surface area (Å²) in [6.45, 7) is 0.560. The summed E-state index contributed by atoms with van der Waals surface area (Å²) in [5.41, 5.74) is 7.29. The van der Waals surface area contributed by atoms with Gasteiger partial charge in [0.15, 0.2) is 9.84 Å². The van der Waals surface area contributed by atoms with Crippen LogP contribution < -0.4 is 5.73 Å². The van der Waals surface area contributed by atoms with Gasteiger partial charge in [0.1, 0.15) is 11.9 Å². The number of amides is 1. The molecule has 2 aromatic carbocycles. The quantitative estimate of drug-likeness (QED) is 0.519. The van der Waals surface area contributed by atoms with E-state index in [2.05, 4.69) is 10.1 Å². The molecule has 1 aliphatic rings. The van der Waals surface area contributed by atoms with E-state index in [1.54, 1.807) is 35.2 Å². The third-order valence-corrected chi connectivity index (χ3v) is 7.11. The number of nitrogens with zero attached hydrogens (tertiary/aromatic N) is 3. The lowest BCUT2D eigenvalue weighted by Crippen LogP contribution is -2.36. The van der Waals surface area contributed by atoms with Gasteiger partial charge in [-0.05, 0) is 49.4 Å². The predicted molar refractivity (Wildman–Crippen MR) is 124 cm³/mol. The molecule has 1 saturated heterocycles. The van der Waals surface area contributed by atoms with Crippen molar-refractivity contribution in [3.8, 4) is 11.4 Å². The molecular weight excluding hydrogens is 459 g/mol. The maximum Gasteiger partial charge on any atom is 0.249 e. The first-order chi connectivity index (χ1) is 16.2. The number of carbonyl (C=O) groups is 1. The van der Waals surface area contributed by atoms with Crippen LogP contribution in [0.25, 0.3) is 11.4 Å². The van der Waals surface area contributed by atoms with Crippen LogP contribution in [-0.2, 0) is 21.1 Å². The second-order valence-corrected chi connectivity index (χ2v) is 10.6. The van der Waals surface area contributed by atoms with Crippen LogP contribution >= 0.6 is 0 Å². The Labute approximate surface area is 197 Å². The average molecular weight is 487 g/mol. The number of aromatic nitrogens is 2. The molecule has 1 aliphatic heterocycles. The van der Waals surface area contributed by atoms with Crippen molar-refractivity contribution in [1.82, 2.24) is 15.0 Å². The van der Waals surface area contributed by atoms with Gasteiger partial charge < -0.3 is 15.2 Å². The number of benzene rings is 2. The first-order valence-corrected chi connectivity index (χ1v) is 13.0. The van der Waals surface area contributed by atoms with Crippen molar-refractivity contribution < 1.29 is 22.1 Å². The molecule has 2 heterocycles. The lowest BCUT2D eigenvalue weighted by Gasteiger charge is -2.23. The highest BCUT2D eigenvalue weighted by molar-refractivity contribution is 7.90. The Kier molecular flexibility index (Phi) is 7.08. The molecule has 2 N–H and O–H groups in total. The molecule has 0 radical (unpaired) electrons. The normalized spacial score (nSPS) is 17.1. The van der Waals surface area contributed by atoms with Gasteiger partial charge in [-0.25, -0.2) is 12.8 Å². The van der Waals surface area contributed by atoms with Crippen molar-refractivity contribution in [1.29, 1.82) is 0 Å². The van der Waals surface area contributed by atoms with Gasteiger partial charge in [0, 0.05) is 30.8 Å². The number of carbonyl (C=O) groups excluding carboxylic acids is 1. The third-order valence-electron chi connectivity index (χ3n) is 6.00. The van der Waals surface area contributed by atoms with Crippen LogP contribution in [0.2, 0.25) is 0 Å². The summed E-state index contributed by atoms with van der Waals surface area (Å²) in [5.74, 6) is 0.198. The average Bonchev–Trinajstić information content (AvgIpc) is 3.48. The van der Waals surface area contributed by atoms with Crippen LogP contribution in [0.3, 0.4) is 0 Å². The molecule has 0 spiro atoms. The minimum Gasteiger partial charge on any atom is -0.337 e. The highest BCUT2D eigenvalue weighted by Crippen LogP contribution is 2.33. The van der Waals surface area contributed by atoms with E-state index in [0.717, 1.165) is 12.7 Å². The fourth-order valence-corrected chi connectivity index (χ4v) is 4.83. The van der Waals surface area contributed by atoms with Gasteiger partial charge in [-0.15, -0.1) is 0 Å². The molecule has 8 nitrogen and oxygen atoms in total. The van der Waals surface area contributed by atoms with Crippen LogP contribution in [0.5, 0.6) is 0 Å². The molecule has 4 rings (SSSR count). The molecule has 3 aromatic rings. The number of sulfone groups is 1. The summed E-state index contributed by atoms with van der Waals surface area (Å²) in [6.07, 6.45) is 3.71. The van der Waals surface area contributed by atoms with Gasteiger partial charge in [-0.3, -0.25) is 4.79 Å². The Hall–Kier alpha value is -3.11. The molecule has 1 fully saturated rings. The molecule has 0 bridgehead atoms. The van der Waals surface area contributed by atoms with Gasteiger partial charge in [0.05, 0.1) is 4.90 Å². The monoisotopic (exact) mass is 486 g/mol. The standard InChI is InChI=1S/C24H27FN4O4S/c1-34(31,32)19-8-4-7-17(14-19)23-27-24(33-28-23)21-10-5-13-29(21)22(30)15-18(26)12-11-16-6-2-3-9-20(16)25/h2-4,6-9,14,18,21H,5,10-13,15,26H2,1H3/t18?,21-/m0/s1. The Morgan fingerprint density at radius 3 is 2.82 bits per heavy atom. The molecule has 0 aliphatic carbocycles. The molecule has 1 unspecified atom stereocenters. The summed E-state index contributed by atoms with van der Waals surface area (Å²) >= 11 is 0. The van der Waals surface area contributed by atoms with Gasteiger partial charge in [-0.1, -0.05) is 35.5 Å². The van der Waals surface area contributed by atoms with Crippen LogP contribution in [0.15, 0.2) is 57.9 Å². The number of halogens is 1. The molecule has 1 amide bonds. The van der Waals surface area contributed by atoms with Crippen molar-refractivity contribution in [3.05, 3.63) is 65.8 Å². The molecule has 34 heavy (non-hydrogen) atoms. The summed E-state index contributed by atoms with van der Waals surface area (Å²) in [4.78, 5) is 19.3. The van der Waals surface area contributed by atoms with E-state index < -0.39 is 15.9 Å². The van der Waals surface area contributed by atoms with E-state index in [0.29, 0.717) is 42.8 Å². The Morgan fingerprint density at radius 2 is 2.06 bits per heavy atom. The van der Waals surface area contributed by atoms with Crippen molar-refractivity contribution in [3.63, 3.8) is 0 Å².